The van der Waals surface area contributed by atoms with Gasteiger partial charge >= 0.3 is 0 Å². The fourth-order valence-corrected chi connectivity index (χ4v) is 3.60. The molecule has 108 valence electrons. The van der Waals surface area contributed by atoms with Gasteiger partial charge in [0.2, 0.25) is 0 Å². The molecule has 21 heavy (non-hydrogen) atoms. The summed E-state index contributed by atoms with van der Waals surface area (Å²) >= 11 is 0. The Balaban J connectivity index is 1.61. The van der Waals surface area contributed by atoms with Crippen molar-refractivity contribution < 1.29 is 0 Å². The highest BCUT2D eigenvalue weighted by Crippen LogP contribution is 2.56. The van der Waals surface area contributed by atoms with Crippen LogP contribution in [0.4, 0.5) is 5.69 Å². The van der Waals surface area contributed by atoms with Crippen molar-refractivity contribution in [2.45, 2.75) is 31.6 Å². The summed E-state index contributed by atoms with van der Waals surface area (Å²) in [7, 11) is 0. The maximum Gasteiger partial charge on any atom is 0.0446 e. The quantitative estimate of drug-likeness (QED) is 0.872. The van der Waals surface area contributed by atoms with Crippen molar-refractivity contribution in [3.8, 4) is 0 Å². The second kappa shape index (κ2) is 5.06. The monoisotopic (exact) mass is 279 g/mol. The summed E-state index contributed by atoms with van der Waals surface area (Å²) in [5, 5.41) is 3.54. The van der Waals surface area contributed by atoms with Gasteiger partial charge in [0.05, 0.1) is 0 Å². The van der Waals surface area contributed by atoms with Crippen molar-refractivity contribution in [2.75, 3.05) is 11.9 Å². The molecule has 1 heterocycles. The third-order valence-electron chi connectivity index (χ3n) is 4.86. The van der Waals surface area contributed by atoms with E-state index in [-0.39, 0.29) is 0 Å². The van der Waals surface area contributed by atoms with E-state index in [9.17, 15) is 0 Å². The Labute approximate surface area is 125 Å². The predicted octanol–water partition coefficient (Wildman–Crippen LogP) is 3.35. The average molecular weight is 279 g/mol. The fourth-order valence-electron chi connectivity index (χ4n) is 3.60. The minimum Gasteiger partial charge on any atom is -0.404 e. The molecule has 0 saturated heterocycles. The summed E-state index contributed by atoms with van der Waals surface area (Å²) in [6.45, 7) is 0.878. The van der Waals surface area contributed by atoms with Crippen molar-refractivity contribution in [3.05, 3.63) is 52.9 Å². The van der Waals surface area contributed by atoms with E-state index in [2.05, 4.69) is 28.5 Å². The zero-order valence-corrected chi connectivity index (χ0v) is 12.2. The number of fused-ring (bicyclic) bond motifs is 3. The van der Waals surface area contributed by atoms with Crippen molar-refractivity contribution in [2.24, 2.45) is 16.6 Å². The van der Waals surface area contributed by atoms with Crippen LogP contribution in [0, 0.1) is 5.92 Å². The number of nitrogens with two attached hydrogens (primary N) is 1. The predicted molar refractivity (Wildman–Crippen MR) is 87.6 cm³/mol. The number of benzene rings is 1. The Bertz CT molecular complexity index is 654. The second-order valence-electron chi connectivity index (χ2n) is 6.28. The highest BCUT2D eigenvalue weighted by atomic mass is 14.9. The first kappa shape index (κ1) is 12.7. The van der Waals surface area contributed by atoms with Gasteiger partial charge in [-0.15, -0.1) is 0 Å². The molecule has 1 fully saturated rings. The molecule has 3 nitrogen and oxygen atoms in total. The highest BCUT2D eigenvalue weighted by molar-refractivity contribution is 5.76. The van der Waals surface area contributed by atoms with Crippen LogP contribution in [0.15, 0.2) is 46.7 Å². The molecule has 3 N–H and O–H groups in total. The maximum atomic E-state index is 5.80. The van der Waals surface area contributed by atoms with Gasteiger partial charge in [-0.05, 0) is 78.6 Å². The topological polar surface area (TPSA) is 50.4 Å². The lowest BCUT2D eigenvalue weighted by Gasteiger charge is -2.16. The number of allylic oxidation sites excluding steroid dienone is 2. The van der Waals surface area contributed by atoms with Gasteiger partial charge in [-0.25, -0.2) is 0 Å². The zero-order valence-electron chi connectivity index (χ0n) is 12.2. The van der Waals surface area contributed by atoms with Gasteiger partial charge < -0.3 is 11.1 Å². The minimum atomic E-state index is 0.833. The first-order valence-corrected chi connectivity index (χ1v) is 7.86. The Morgan fingerprint density at radius 1 is 1.33 bits per heavy atom. The minimum absolute atomic E-state index is 0.833. The van der Waals surface area contributed by atoms with E-state index in [4.69, 9.17) is 5.73 Å². The lowest BCUT2D eigenvalue weighted by molar-refractivity contribution is 0.826. The molecule has 0 spiro atoms. The van der Waals surface area contributed by atoms with E-state index >= 15 is 0 Å². The van der Waals surface area contributed by atoms with Gasteiger partial charge in [0.15, 0.2) is 0 Å². The van der Waals surface area contributed by atoms with Crippen molar-refractivity contribution in [3.63, 3.8) is 0 Å². The molecule has 1 aliphatic heterocycles. The van der Waals surface area contributed by atoms with Crippen molar-refractivity contribution in [1.82, 2.24) is 0 Å². The van der Waals surface area contributed by atoms with Crippen LogP contribution in [0.5, 0.6) is 0 Å². The summed E-state index contributed by atoms with van der Waals surface area (Å²) in [5.41, 5.74) is 12.3. The van der Waals surface area contributed by atoms with E-state index in [0.29, 0.717) is 0 Å². The molecule has 0 amide bonds. The van der Waals surface area contributed by atoms with Crippen LogP contribution in [0.25, 0.3) is 0 Å². The zero-order chi connectivity index (χ0) is 14.2. The van der Waals surface area contributed by atoms with Crippen LogP contribution in [0.3, 0.4) is 0 Å². The largest absolute Gasteiger partial charge is 0.404 e. The molecule has 2 aliphatic carbocycles. The third kappa shape index (κ3) is 2.37. The standard InChI is InChI=1S/C18H21N3/c19-11-13-2-1-6-20-7-5-18(13)21-15-4-3-12-8-14-9-16(14)17(12)10-15/h3-5,7,10-11,14,16,21H,1-2,6,8-9,19H2/b13-11+,18-5+,20-7+. The van der Waals surface area contributed by atoms with Crippen LogP contribution in [-0.2, 0) is 6.42 Å². The first-order valence-electron chi connectivity index (χ1n) is 7.86. The summed E-state index contributed by atoms with van der Waals surface area (Å²) in [5.74, 6) is 1.77. The lowest BCUT2D eigenvalue weighted by atomic mass is 10.0. The van der Waals surface area contributed by atoms with Gasteiger partial charge in [0.25, 0.3) is 0 Å². The molecule has 2 atom stereocenters. The van der Waals surface area contributed by atoms with Crippen molar-refractivity contribution in [1.29, 1.82) is 0 Å². The van der Waals surface area contributed by atoms with E-state index < -0.39 is 0 Å². The molecule has 4 rings (SSSR count). The van der Waals surface area contributed by atoms with Crippen LogP contribution < -0.4 is 11.1 Å². The Morgan fingerprint density at radius 3 is 3.19 bits per heavy atom. The summed E-state index contributed by atoms with van der Waals surface area (Å²) in [6, 6.07) is 6.81. The SMILES string of the molecule is N/C=C1CCC/N=C/C=C\1Nc1ccc2c(c1)C1CC1C2. The van der Waals surface area contributed by atoms with Crippen LogP contribution in [-0.4, -0.2) is 12.8 Å². The molecule has 0 radical (unpaired) electrons. The molecule has 1 saturated carbocycles. The number of anilines is 1. The summed E-state index contributed by atoms with van der Waals surface area (Å²) in [6.07, 6.45) is 10.3. The van der Waals surface area contributed by atoms with Gasteiger partial charge in [0, 0.05) is 24.1 Å². The van der Waals surface area contributed by atoms with Crippen LogP contribution in [0.1, 0.15) is 36.3 Å². The molecule has 2 unspecified atom stereocenters. The maximum absolute atomic E-state index is 5.80. The molecule has 0 aromatic heterocycles. The van der Waals surface area contributed by atoms with Crippen LogP contribution >= 0.6 is 0 Å². The van der Waals surface area contributed by atoms with E-state index in [1.807, 2.05) is 12.3 Å². The molecular formula is C18H21N3. The molecular weight excluding hydrogens is 258 g/mol. The molecule has 3 aliphatic rings. The second-order valence-corrected chi connectivity index (χ2v) is 6.28. The van der Waals surface area contributed by atoms with Gasteiger partial charge in [-0.3, -0.25) is 4.99 Å². The molecule has 1 aromatic rings. The van der Waals surface area contributed by atoms with E-state index in [1.54, 1.807) is 17.3 Å². The van der Waals surface area contributed by atoms with Crippen molar-refractivity contribution >= 4 is 11.9 Å². The van der Waals surface area contributed by atoms with E-state index in [1.165, 1.54) is 24.1 Å². The van der Waals surface area contributed by atoms with Gasteiger partial charge in [0.1, 0.15) is 0 Å². The van der Waals surface area contributed by atoms with E-state index in [0.717, 1.165) is 36.9 Å². The molecule has 0 bridgehead atoms. The first-order chi connectivity index (χ1) is 10.3. The number of aliphatic imine (C=N–C) groups is 1. The Hall–Kier alpha value is -2.03. The normalized spacial score (nSPS) is 32.4. The number of nitrogens with zero attached hydrogens (tertiary/aromatic N) is 1. The summed E-state index contributed by atoms with van der Waals surface area (Å²) in [4.78, 5) is 4.36. The number of nitrogens with one attached hydrogen (secondary N) is 1. The summed E-state index contributed by atoms with van der Waals surface area (Å²) < 4.78 is 0. The number of hydrogen-bond acceptors (Lipinski definition) is 3. The smallest absolute Gasteiger partial charge is 0.0446 e. The van der Waals surface area contributed by atoms with Gasteiger partial charge in [-0.1, -0.05) is 6.07 Å². The Morgan fingerprint density at radius 2 is 2.29 bits per heavy atom. The molecule has 3 heteroatoms. The number of hydrogen-bond donors (Lipinski definition) is 2. The van der Waals surface area contributed by atoms with Crippen LogP contribution in [0.2, 0.25) is 0 Å². The fraction of sp³-hybridized carbons (Fsp3) is 0.389. The average Bonchev–Trinajstić information content (AvgIpc) is 3.15. The lowest BCUT2D eigenvalue weighted by Crippen LogP contribution is -2.08. The number of rotatable bonds is 2. The highest BCUT2D eigenvalue weighted by Gasteiger charge is 2.44. The van der Waals surface area contributed by atoms with Gasteiger partial charge in [-0.2, -0.15) is 0 Å². The molecule has 1 aromatic carbocycles. The third-order valence-corrected chi connectivity index (χ3v) is 4.86. The Kier molecular flexibility index (Phi) is 3.06.